The van der Waals surface area contributed by atoms with E-state index in [4.69, 9.17) is 9.47 Å². The quantitative estimate of drug-likeness (QED) is 0.285. The number of carbonyl (C=O) groups excluding carboxylic acids is 1. The van der Waals surface area contributed by atoms with Gasteiger partial charge in [0.05, 0.1) is 19.1 Å². The third-order valence-corrected chi connectivity index (χ3v) is 8.30. The summed E-state index contributed by atoms with van der Waals surface area (Å²) in [4.78, 5) is 41.1. The zero-order chi connectivity index (χ0) is 30.1. The maximum atomic E-state index is 13.8. The van der Waals surface area contributed by atoms with Crippen LogP contribution in [0.4, 0.5) is 0 Å². The van der Waals surface area contributed by atoms with Crippen molar-refractivity contribution in [3.63, 3.8) is 0 Å². The maximum Gasteiger partial charge on any atom is 0.308 e. The van der Waals surface area contributed by atoms with Gasteiger partial charge in [0.2, 0.25) is 12.7 Å². The number of carboxylic acid groups (broad SMARTS) is 1. The molecular weight excluding hydrogens is 538 g/mol. The molecule has 0 unspecified atom stereocenters. The number of likely N-dealkylation sites (tertiary alicyclic amines) is 1. The lowest BCUT2D eigenvalue weighted by Gasteiger charge is -2.30. The number of aliphatic hydroxyl groups is 1. The second-order valence-electron chi connectivity index (χ2n) is 11.5. The number of carbonyl (C=O) groups is 2. The van der Waals surface area contributed by atoms with Crippen LogP contribution in [-0.2, 0) is 22.6 Å². The first kappa shape index (κ1) is 31.7. The highest BCUT2D eigenvalue weighted by molar-refractivity contribution is 5.79. The van der Waals surface area contributed by atoms with Gasteiger partial charge in [-0.1, -0.05) is 13.3 Å². The van der Waals surface area contributed by atoms with E-state index in [1.54, 1.807) is 6.20 Å². The van der Waals surface area contributed by atoms with Crippen LogP contribution in [-0.4, -0.2) is 106 Å². The molecule has 3 atom stereocenters. The van der Waals surface area contributed by atoms with E-state index >= 15 is 0 Å². The Balaban J connectivity index is 1.59. The number of aromatic nitrogens is 2. The number of fused-ring (bicyclic) bond motifs is 1. The lowest BCUT2D eigenvalue weighted by atomic mass is 9.83. The van der Waals surface area contributed by atoms with E-state index in [0.717, 1.165) is 43.5 Å². The summed E-state index contributed by atoms with van der Waals surface area (Å²) in [6, 6.07) is 5.10. The molecule has 4 rings (SSSR count). The van der Waals surface area contributed by atoms with Crippen molar-refractivity contribution < 1.29 is 29.3 Å². The second-order valence-corrected chi connectivity index (χ2v) is 11.5. The van der Waals surface area contributed by atoms with E-state index in [1.807, 2.05) is 37.2 Å². The molecule has 1 aromatic heterocycles. The number of nitrogens with zero attached hydrogens (tertiary/aromatic N) is 5. The molecule has 2 aliphatic rings. The van der Waals surface area contributed by atoms with E-state index in [2.05, 4.69) is 26.7 Å². The van der Waals surface area contributed by atoms with Crippen LogP contribution in [0.3, 0.4) is 0 Å². The summed E-state index contributed by atoms with van der Waals surface area (Å²) in [6.45, 7) is 4.86. The predicted octanol–water partition coefficient (Wildman–Crippen LogP) is 2.77. The van der Waals surface area contributed by atoms with Gasteiger partial charge in [0, 0.05) is 49.0 Å². The fourth-order valence-corrected chi connectivity index (χ4v) is 6.10. The van der Waals surface area contributed by atoms with Crippen LogP contribution in [0, 0.1) is 5.92 Å². The smallest absolute Gasteiger partial charge is 0.308 e. The van der Waals surface area contributed by atoms with Crippen molar-refractivity contribution in [3.8, 4) is 11.5 Å². The minimum Gasteiger partial charge on any atom is -0.481 e. The molecule has 11 heteroatoms. The van der Waals surface area contributed by atoms with Crippen LogP contribution >= 0.6 is 0 Å². The summed E-state index contributed by atoms with van der Waals surface area (Å²) in [5.74, 6) is -1.01. The molecule has 11 nitrogen and oxygen atoms in total. The van der Waals surface area contributed by atoms with Crippen LogP contribution in [0.15, 0.2) is 30.7 Å². The summed E-state index contributed by atoms with van der Waals surface area (Å²) in [6.07, 6.45) is 8.13. The first-order chi connectivity index (χ1) is 20.3. The summed E-state index contributed by atoms with van der Waals surface area (Å²) >= 11 is 0. The second kappa shape index (κ2) is 15.3. The third kappa shape index (κ3) is 7.96. The molecule has 0 spiro atoms. The van der Waals surface area contributed by atoms with Gasteiger partial charge >= 0.3 is 5.97 Å². The average molecular weight is 584 g/mol. The Hall–Kier alpha value is -3.28. The minimum absolute atomic E-state index is 0.0341. The van der Waals surface area contributed by atoms with Crippen LogP contribution < -0.4 is 9.47 Å². The lowest BCUT2D eigenvalue weighted by molar-refractivity contribution is -0.143. The molecular formula is C31H45N5O6. The summed E-state index contributed by atoms with van der Waals surface area (Å²) in [5.41, 5.74) is 2.17. The Morgan fingerprint density at radius 3 is 2.60 bits per heavy atom. The number of rotatable bonds is 16. The molecule has 1 amide bonds. The standard InChI is InChI=1S/C31H45N5O6/c1-4-5-13-35(14-7-6-12-34(2)3)28(38)18-36-17-25(22-15-23(19-37)30-27(16-22)41-21-42-30)29(31(39)40)26(36)9-8-24-10-11-32-20-33-24/h10-11,15-16,20,25-26,29,37H,4-9,12-14,17-19,21H2,1-3H3,(H,39,40)/t25-,26+,29-/m1/s1. The van der Waals surface area contributed by atoms with Gasteiger partial charge in [-0.25, -0.2) is 9.97 Å². The largest absolute Gasteiger partial charge is 0.481 e. The maximum absolute atomic E-state index is 13.8. The molecule has 2 aromatic rings. The SMILES string of the molecule is CCCCN(CCCCN(C)C)C(=O)CN1C[C@H](c2cc(CO)c3c(c2)OCO3)[C@@H](C(=O)O)[C@@H]1CCc1ccncn1. The fourth-order valence-electron chi connectivity index (χ4n) is 6.10. The van der Waals surface area contributed by atoms with Crippen LogP contribution in [0.2, 0.25) is 0 Å². The molecule has 2 N–H and O–H groups in total. The topological polar surface area (TPSA) is 129 Å². The molecule has 1 aromatic carbocycles. The number of aryl methyl sites for hydroxylation is 1. The van der Waals surface area contributed by atoms with E-state index in [1.165, 1.54) is 6.33 Å². The number of aliphatic hydroxyl groups excluding tert-OH is 1. The first-order valence-corrected chi connectivity index (χ1v) is 15.0. The van der Waals surface area contributed by atoms with Crippen molar-refractivity contribution in [3.05, 3.63) is 47.5 Å². The Morgan fingerprint density at radius 2 is 1.90 bits per heavy atom. The van der Waals surface area contributed by atoms with Crippen molar-refractivity contribution in [2.45, 2.75) is 64.0 Å². The van der Waals surface area contributed by atoms with E-state index in [-0.39, 0.29) is 31.9 Å². The Bertz CT molecular complexity index is 1180. The predicted molar refractivity (Wildman–Crippen MR) is 157 cm³/mol. The van der Waals surface area contributed by atoms with E-state index in [9.17, 15) is 19.8 Å². The zero-order valence-corrected chi connectivity index (χ0v) is 25.1. The highest BCUT2D eigenvalue weighted by Crippen LogP contribution is 2.44. The minimum atomic E-state index is -0.905. The number of aliphatic carboxylic acids is 1. The normalized spacial score (nSPS) is 19.9. The summed E-state index contributed by atoms with van der Waals surface area (Å²) < 4.78 is 11.2. The number of carboxylic acids is 1. The van der Waals surface area contributed by atoms with Crippen molar-refractivity contribution in [1.82, 2.24) is 24.7 Å². The molecule has 2 aliphatic heterocycles. The van der Waals surface area contributed by atoms with Gasteiger partial charge in [-0.2, -0.15) is 0 Å². The Morgan fingerprint density at radius 1 is 1.12 bits per heavy atom. The van der Waals surface area contributed by atoms with Crippen molar-refractivity contribution >= 4 is 11.9 Å². The Labute approximate surface area is 248 Å². The third-order valence-electron chi connectivity index (χ3n) is 8.30. The number of amides is 1. The number of hydrogen-bond acceptors (Lipinski definition) is 9. The molecule has 0 saturated carbocycles. The Kier molecular flexibility index (Phi) is 11.5. The molecule has 1 fully saturated rings. The number of unbranched alkanes of at least 4 members (excludes halogenated alkanes) is 2. The van der Waals surface area contributed by atoms with Crippen molar-refractivity contribution in [2.24, 2.45) is 5.92 Å². The van der Waals surface area contributed by atoms with E-state index < -0.39 is 17.8 Å². The van der Waals surface area contributed by atoms with Gasteiger partial charge in [-0.05, 0) is 76.5 Å². The average Bonchev–Trinajstić information content (AvgIpc) is 3.60. The molecule has 0 aliphatic carbocycles. The van der Waals surface area contributed by atoms with E-state index in [0.29, 0.717) is 49.5 Å². The van der Waals surface area contributed by atoms with Gasteiger partial charge in [-0.15, -0.1) is 0 Å². The zero-order valence-electron chi connectivity index (χ0n) is 25.1. The first-order valence-electron chi connectivity index (χ1n) is 15.0. The van der Waals surface area contributed by atoms with Crippen molar-refractivity contribution in [2.75, 3.05) is 53.6 Å². The molecule has 3 heterocycles. The van der Waals surface area contributed by atoms with Gasteiger partial charge in [-0.3, -0.25) is 14.5 Å². The summed E-state index contributed by atoms with van der Waals surface area (Å²) in [5, 5.41) is 20.5. The molecule has 230 valence electrons. The highest BCUT2D eigenvalue weighted by Gasteiger charge is 2.47. The number of ether oxygens (including phenoxy) is 2. The van der Waals surface area contributed by atoms with Gasteiger partial charge in [0.15, 0.2) is 11.5 Å². The van der Waals surface area contributed by atoms with Crippen LogP contribution in [0.25, 0.3) is 0 Å². The molecule has 0 radical (unpaired) electrons. The fraction of sp³-hybridized carbons (Fsp3) is 0.613. The van der Waals surface area contributed by atoms with Gasteiger partial charge in [0.1, 0.15) is 6.33 Å². The number of benzene rings is 1. The molecule has 0 bridgehead atoms. The monoisotopic (exact) mass is 583 g/mol. The van der Waals surface area contributed by atoms with Crippen LogP contribution in [0.5, 0.6) is 11.5 Å². The highest BCUT2D eigenvalue weighted by atomic mass is 16.7. The lowest BCUT2D eigenvalue weighted by Crippen LogP contribution is -2.45. The molecule has 42 heavy (non-hydrogen) atoms. The van der Waals surface area contributed by atoms with Crippen LogP contribution in [0.1, 0.15) is 61.8 Å². The molecule has 1 saturated heterocycles. The summed E-state index contributed by atoms with van der Waals surface area (Å²) in [7, 11) is 4.10. The van der Waals surface area contributed by atoms with Gasteiger partial charge in [0.25, 0.3) is 0 Å². The number of hydrogen-bond donors (Lipinski definition) is 2. The van der Waals surface area contributed by atoms with Gasteiger partial charge < -0.3 is 29.5 Å². The van der Waals surface area contributed by atoms with Crippen molar-refractivity contribution in [1.29, 1.82) is 0 Å².